The Labute approximate surface area is 141 Å². The molecule has 0 aromatic heterocycles. The number of benzene rings is 2. The molecule has 0 amide bonds. The summed E-state index contributed by atoms with van der Waals surface area (Å²) in [5.41, 5.74) is 3.70. The van der Waals surface area contributed by atoms with Crippen LogP contribution in [0.4, 0.5) is 0 Å². The highest BCUT2D eigenvalue weighted by Crippen LogP contribution is 2.34. The van der Waals surface area contributed by atoms with E-state index in [1.165, 1.54) is 7.11 Å². The van der Waals surface area contributed by atoms with E-state index in [1.807, 2.05) is 19.9 Å². The van der Waals surface area contributed by atoms with Gasteiger partial charge in [-0.15, -0.1) is 6.58 Å². The number of hydrogen-bond acceptors (Lipinski definition) is 4. The molecule has 0 saturated heterocycles. The zero-order chi connectivity index (χ0) is 17.7. The Morgan fingerprint density at radius 1 is 1.17 bits per heavy atom. The fourth-order valence-corrected chi connectivity index (χ4v) is 2.35. The summed E-state index contributed by atoms with van der Waals surface area (Å²) in [6.45, 7) is 7.62. The Morgan fingerprint density at radius 3 is 2.50 bits per heavy atom. The first-order chi connectivity index (χ1) is 11.5. The fourth-order valence-electron chi connectivity index (χ4n) is 2.35. The van der Waals surface area contributed by atoms with Gasteiger partial charge in [0.15, 0.2) is 11.5 Å². The van der Waals surface area contributed by atoms with Crippen molar-refractivity contribution >= 4 is 12.3 Å². The van der Waals surface area contributed by atoms with Crippen molar-refractivity contribution in [3.05, 3.63) is 70.8 Å². The molecule has 2 aromatic carbocycles. The van der Waals surface area contributed by atoms with Gasteiger partial charge in [-0.25, -0.2) is 4.79 Å². The first kappa shape index (κ1) is 17.5. The Hall–Kier alpha value is -2.88. The van der Waals surface area contributed by atoms with Gasteiger partial charge < -0.3 is 9.47 Å². The van der Waals surface area contributed by atoms with Crippen LogP contribution < -0.4 is 9.47 Å². The minimum absolute atomic E-state index is 0.311. The van der Waals surface area contributed by atoms with E-state index in [1.54, 1.807) is 30.3 Å². The van der Waals surface area contributed by atoms with Crippen molar-refractivity contribution in [1.29, 1.82) is 0 Å². The van der Waals surface area contributed by atoms with E-state index in [4.69, 9.17) is 9.47 Å². The van der Waals surface area contributed by atoms with Gasteiger partial charge in [-0.3, -0.25) is 4.79 Å². The smallest absolute Gasteiger partial charge is 0.343 e. The van der Waals surface area contributed by atoms with Crippen LogP contribution in [0.15, 0.2) is 43.0 Å². The summed E-state index contributed by atoms with van der Waals surface area (Å²) in [6.07, 6.45) is 2.86. The molecule has 24 heavy (non-hydrogen) atoms. The average Bonchev–Trinajstić information content (AvgIpc) is 2.58. The molecule has 0 heterocycles. The minimum Gasteiger partial charge on any atom is -0.493 e. The third-order valence-corrected chi connectivity index (χ3v) is 3.81. The molecule has 0 saturated carbocycles. The predicted molar refractivity (Wildman–Crippen MR) is 93.2 cm³/mol. The second kappa shape index (κ2) is 7.59. The zero-order valence-electron chi connectivity index (χ0n) is 14.1. The molecular formula is C20H20O4. The highest BCUT2D eigenvalue weighted by atomic mass is 16.6. The molecule has 0 atom stereocenters. The van der Waals surface area contributed by atoms with Crippen LogP contribution in [0.1, 0.15) is 37.4 Å². The molecular weight excluding hydrogens is 304 g/mol. The van der Waals surface area contributed by atoms with E-state index in [9.17, 15) is 9.59 Å². The monoisotopic (exact) mass is 324 g/mol. The summed E-state index contributed by atoms with van der Waals surface area (Å²) in [5.74, 6) is 0.181. The zero-order valence-corrected chi connectivity index (χ0v) is 14.1. The lowest BCUT2D eigenvalue weighted by Crippen LogP contribution is -2.11. The summed E-state index contributed by atoms with van der Waals surface area (Å²) in [4.78, 5) is 23.5. The standard InChI is InChI=1S/C20H20O4/c1-5-6-16-10-15(12-21)11-18(23-4)19(16)24-20(22)17-8-7-13(2)14(3)9-17/h5,7-12H,1,6H2,2-4H3. The van der Waals surface area contributed by atoms with E-state index < -0.39 is 5.97 Å². The van der Waals surface area contributed by atoms with Gasteiger partial charge in [-0.2, -0.15) is 0 Å². The van der Waals surface area contributed by atoms with Crippen molar-refractivity contribution < 1.29 is 19.1 Å². The average molecular weight is 324 g/mol. The molecule has 2 rings (SSSR count). The van der Waals surface area contributed by atoms with Crippen molar-refractivity contribution in [3.8, 4) is 11.5 Å². The number of aldehydes is 1. The second-order valence-electron chi connectivity index (χ2n) is 5.51. The van der Waals surface area contributed by atoms with Crippen molar-refractivity contribution in [1.82, 2.24) is 0 Å². The number of carbonyl (C=O) groups is 2. The number of hydrogen-bond donors (Lipinski definition) is 0. The quantitative estimate of drug-likeness (QED) is 0.348. The lowest BCUT2D eigenvalue weighted by molar-refractivity contribution is 0.0728. The second-order valence-corrected chi connectivity index (χ2v) is 5.51. The van der Waals surface area contributed by atoms with Crippen LogP contribution >= 0.6 is 0 Å². The molecule has 0 aliphatic carbocycles. The number of allylic oxidation sites excluding steroid dienone is 1. The summed E-state index contributed by atoms with van der Waals surface area (Å²) in [5, 5.41) is 0. The molecule has 0 radical (unpaired) electrons. The molecule has 0 aliphatic heterocycles. The highest BCUT2D eigenvalue weighted by Gasteiger charge is 2.17. The molecule has 4 heteroatoms. The normalized spacial score (nSPS) is 10.1. The molecule has 0 fully saturated rings. The van der Waals surface area contributed by atoms with Gasteiger partial charge in [0.25, 0.3) is 0 Å². The first-order valence-corrected chi connectivity index (χ1v) is 7.56. The number of methoxy groups -OCH3 is 1. The maximum absolute atomic E-state index is 12.5. The van der Waals surface area contributed by atoms with Gasteiger partial charge in [0.2, 0.25) is 0 Å². The lowest BCUT2D eigenvalue weighted by Gasteiger charge is -2.14. The van der Waals surface area contributed by atoms with Crippen molar-refractivity contribution in [2.24, 2.45) is 0 Å². The predicted octanol–water partition coefficient (Wildman–Crippen LogP) is 4.07. The van der Waals surface area contributed by atoms with Crippen LogP contribution in [-0.4, -0.2) is 19.4 Å². The lowest BCUT2D eigenvalue weighted by atomic mass is 10.1. The molecule has 0 aliphatic rings. The van der Waals surface area contributed by atoms with E-state index in [0.717, 1.165) is 17.4 Å². The fraction of sp³-hybridized carbons (Fsp3) is 0.200. The van der Waals surface area contributed by atoms with Gasteiger partial charge in [0.1, 0.15) is 6.29 Å². The van der Waals surface area contributed by atoms with Crippen LogP contribution in [0, 0.1) is 13.8 Å². The van der Waals surface area contributed by atoms with Crippen LogP contribution in [-0.2, 0) is 6.42 Å². The first-order valence-electron chi connectivity index (χ1n) is 7.56. The summed E-state index contributed by atoms with van der Waals surface area (Å²) >= 11 is 0. The maximum atomic E-state index is 12.5. The largest absolute Gasteiger partial charge is 0.493 e. The van der Waals surface area contributed by atoms with E-state index in [2.05, 4.69) is 6.58 Å². The van der Waals surface area contributed by atoms with Crippen LogP contribution in [0.2, 0.25) is 0 Å². The summed E-state index contributed by atoms with van der Waals surface area (Å²) in [7, 11) is 1.47. The summed E-state index contributed by atoms with van der Waals surface area (Å²) in [6, 6.07) is 8.60. The molecule has 4 nitrogen and oxygen atoms in total. The Morgan fingerprint density at radius 2 is 1.92 bits per heavy atom. The van der Waals surface area contributed by atoms with Crippen LogP contribution in [0.5, 0.6) is 11.5 Å². The van der Waals surface area contributed by atoms with Gasteiger partial charge in [-0.05, 0) is 55.7 Å². The number of carbonyl (C=O) groups excluding carboxylic acids is 2. The maximum Gasteiger partial charge on any atom is 0.343 e. The number of esters is 1. The van der Waals surface area contributed by atoms with Crippen LogP contribution in [0.3, 0.4) is 0 Å². The van der Waals surface area contributed by atoms with Crippen LogP contribution in [0.25, 0.3) is 0 Å². The number of rotatable bonds is 6. The van der Waals surface area contributed by atoms with E-state index in [-0.39, 0.29) is 0 Å². The topological polar surface area (TPSA) is 52.6 Å². The van der Waals surface area contributed by atoms with Gasteiger partial charge in [0.05, 0.1) is 12.7 Å². The van der Waals surface area contributed by atoms with Crippen molar-refractivity contribution in [2.45, 2.75) is 20.3 Å². The SMILES string of the molecule is C=CCc1cc(C=O)cc(OC)c1OC(=O)c1ccc(C)c(C)c1. The third kappa shape index (κ3) is 3.71. The minimum atomic E-state index is -0.472. The van der Waals surface area contributed by atoms with Gasteiger partial charge >= 0.3 is 5.97 Å². The Kier molecular flexibility index (Phi) is 5.53. The number of aryl methyl sites for hydroxylation is 2. The third-order valence-electron chi connectivity index (χ3n) is 3.81. The molecule has 124 valence electrons. The van der Waals surface area contributed by atoms with Crippen molar-refractivity contribution in [2.75, 3.05) is 7.11 Å². The van der Waals surface area contributed by atoms with Crippen molar-refractivity contribution in [3.63, 3.8) is 0 Å². The van der Waals surface area contributed by atoms with Gasteiger partial charge in [-0.1, -0.05) is 12.1 Å². The molecule has 0 N–H and O–H groups in total. The highest BCUT2D eigenvalue weighted by molar-refractivity contribution is 5.92. The summed E-state index contributed by atoms with van der Waals surface area (Å²) < 4.78 is 10.9. The Bertz CT molecular complexity index is 790. The van der Waals surface area contributed by atoms with E-state index >= 15 is 0 Å². The van der Waals surface area contributed by atoms with E-state index in [0.29, 0.717) is 34.6 Å². The molecule has 0 spiro atoms. The number of ether oxygens (including phenoxy) is 2. The molecule has 0 unspecified atom stereocenters. The Balaban J connectivity index is 2.42. The van der Waals surface area contributed by atoms with Gasteiger partial charge in [0, 0.05) is 11.1 Å². The molecule has 0 bridgehead atoms. The molecule has 2 aromatic rings.